The molecule has 6 atom stereocenters. The summed E-state index contributed by atoms with van der Waals surface area (Å²) in [6, 6.07) is 0. The summed E-state index contributed by atoms with van der Waals surface area (Å²) in [6.45, 7) is -0.683. The van der Waals surface area contributed by atoms with Crippen molar-refractivity contribution in [1.29, 1.82) is 0 Å². The van der Waals surface area contributed by atoms with Gasteiger partial charge in [0.05, 0.1) is 6.61 Å². The van der Waals surface area contributed by atoms with E-state index in [4.69, 9.17) is 20.4 Å². The lowest BCUT2D eigenvalue weighted by molar-refractivity contribution is -0.298. The number of aliphatic hydroxyl groups is 6. The molecule has 0 aromatic rings. The first-order chi connectivity index (χ1) is 6.49. The molecule has 7 nitrogen and oxygen atoms in total. The SMILES string of the molecule is OC[C@@H](O)[C@H]1O[C@H](O)[C@H](O)[C@H](O)[C@H]1O. The van der Waals surface area contributed by atoms with Gasteiger partial charge in [0.25, 0.3) is 0 Å². The molecule has 0 spiro atoms. The third kappa shape index (κ3) is 2.04. The number of ether oxygens (including phenoxy) is 1. The molecule has 84 valence electrons. The van der Waals surface area contributed by atoms with Gasteiger partial charge < -0.3 is 35.4 Å². The van der Waals surface area contributed by atoms with Crippen molar-refractivity contribution in [2.45, 2.75) is 36.8 Å². The highest BCUT2D eigenvalue weighted by atomic mass is 16.6. The average Bonchev–Trinajstić information content (AvgIpc) is 2.19. The van der Waals surface area contributed by atoms with Crippen molar-refractivity contribution in [3.8, 4) is 0 Å². The van der Waals surface area contributed by atoms with Crippen LogP contribution in [0.4, 0.5) is 0 Å². The molecule has 0 radical (unpaired) electrons. The molecule has 14 heavy (non-hydrogen) atoms. The van der Waals surface area contributed by atoms with Crippen LogP contribution >= 0.6 is 0 Å². The van der Waals surface area contributed by atoms with Crippen molar-refractivity contribution >= 4 is 0 Å². The van der Waals surface area contributed by atoms with E-state index in [-0.39, 0.29) is 0 Å². The van der Waals surface area contributed by atoms with Crippen LogP contribution in [-0.2, 0) is 4.74 Å². The Bertz CT molecular complexity index is 187. The molecule has 0 aromatic heterocycles. The van der Waals surface area contributed by atoms with Crippen molar-refractivity contribution in [2.75, 3.05) is 6.61 Å². The maximum absolute atomic E-state index is 9.31. The smallest absolute Gasteiger partial charge is 0.184 e. The lowest BCUT2D eigenvalue weighted by atomic mass is 9.96. The van der Waals surface area contributed by atoms with E-state index in [1.165, 1.54) is 0 Å². The van der Waals surface area contributed by atoms with Gasteiger partial charge in [0.15, 0.2) is 6.29 Å². The van der Waals surface area contributed by atoms with Crippen LogP contribution in [0.3, 0.4) is 0 Å². The summed E-state index contributed by atoms with van der Waals surface area (Å²) in [6.07, 6.45) is -9.26. The third-order valence-corrected chi connectivity index (χ3v) is 2.19. The fourth-order valence-corrected chi connectivity index (χ4v) is 1.31. The Labute approximate surface area is 79.8 Å². The quantitative estimate of drug-likeness (QED) is 0.275. The third-order valence-electron chi connectivity index (χ3n) is 2.19. The van der Waals surface area contributed by atoms with Gasteiger partial charge in [-0.25, -0.2) is 0 Å². The monoisotopic (exact) mass is 210 g/mol. The molecule has 7 heteroatoms. The summed E-state index contributed by atoms with van der Waals surface area (Å²) >= 11 is 0. The van der Waals surface area contributed by atoms with E-state index in [1.807, 2.05) is 0 Å². The summed E-state index contributed by atoms with van der Waals surface area (Å²) in [5.74, 6) is 0. The van der Waals surface area contributed by atoms with Crippen LogP contribution in [0.2, 0.25) is 0 Å². The minimum atomic E-state index is -1.69. The van der Waals surface area contributed by atoms with Crippen molar-refractivity contribution in [2.24, 2.45) is 0 Å². The molecule has 0 bridgehead atoms. The maximum Gasteiger partial charge on any atom is 0.184 e. The van der Waals surface area contributed by atoms with E-state index in [0.29, 0.717) is 0 Å². The summed E-state index contributed by atoms with van der Waals surface area (Å²) in [4.78, 5) is 0. The zero-order valence-electron chi connectivity index (χ0n) is 7.26. The fraction of sp³-hybridized carbons (Fsp3) is 1.00. The second-order valence-corrected chi connectivity index (χ2v) is 3.21. The van der Waals surface area contributed by atoms with E-state index in [0.717, 1.165) is 0 Å². The molecule has 6 N–H and O–H groups in total. The summed E-state index contributed by atoms with van der Waals surface area (Å²) in [7, 11) is 0. The Morgan fingerprint density at radius 1 is 1.00 bits per heavy atom. The van der Waals surface area contributed by atoms with Gasteiger partial charge in [-0.2, -0.15) is 0 Å². The van der Waals surface area contributed by atoms with Gasteiger partial charge in [-0.1, -0.05) is 0 Å². The number of aliphatic hydroxyl groups excluding tert-OH is 6. The van der Waals surface area contributed by atoms with E-state index in [2.05, 4.69) is 4.74 Å². The number of hydrogen-bond donors (Lipinski definition) is 6. The first-order valence-corrected chi connectivity index (χ1v) is 4.15. The zero-order valence-corrected chi connectivity index (χ0v) is 7.26. The van der Waals surface area contributed by atoms with Gasteiger partial charge in [0.1, 0.15) is 30.5 Å². The van der Waals surface area contributed by atoms with Gasteiger partial charge in [0.2, 0.25) is 0 Å². The maximum atomic E-state index is 9.31. The Balaban J connectivity index is 2.70. The van der Waals surface area contributed by atoms with Crippen LogP contribution in [0.15, 0.2) is 0 Å². The molecule has 0 aromatic carbocycles. The first kappa shape index (κ1) is 11.8. The second kappa shape index (κ2) is 4.49. The topological polar surface area (TPSA) is 131 Å². The van der Waals surface area contributed by atoms with Gasteiger partial charge in [-0.15, -0.1) is 0 Å². The molecular formula is C7H14O7. The molecule has 1 saturated heterocycles. The van der Waals surface area contributed by atoms with Crippen molar-refractivity contribution in [3.63, 3.8) is 0 Å². The largest absolute Gasteiger partial charge is 0.394 e. The highest BCUT2D eigenvalue weighted by Gasteiger charge is 2.45. The molecule has 1 rings (SSSR count). The predicted molar refractivity (Wildman–Crippen MR) is 42.0 cm³/mol. The number of hydrogen-bond acceptors (Lipinski definition) is 7. The molecule has 0 unspecified atom stereocenters. The van der Waals surface area contributed by atoms with Crippen LogP contribution in [-0.4, -0.2) is 74.1 Å². The molecule has 0 saturated carbocycles. The standard InChI is InChI=1S/C7H14O7/c8-1-2(9)6-4(11)3(10)5(12)7(13)14-6/h2-13H,1H2/t2-,3-,4-,5-,6-,7+/m1/s1. The lowest BCUT2D eigenvalue weighted by Gasteiger charge is -2.39. The van der Waals surface area contributed by atoms with Crippen LogP contribution in [0, 0.1) is 0 Å². The van der Waals surface area contributed by atoms with E-state index >= 15 is 0 Å². The summed E-state index contributed by atoms with van der Waals surface area (Å²) < 4.78 is 4.62. The second-order valence-electron chi connectivity index (χ2n) is 3.21. The van der Waals surface area contributed by atoms with Crippen molar-refractivity contribution in [3.05, 3.63) is 0 Å². The van der Waals surface area contributed by atoms with E-state index in [9.17, 15) is 10.2 Å². The number of rotatable bonds is 2. The van der Waals surface area contributed by atoms with Crippen LogP contribution < -0.4 is 0 Å². The van der Waals surface area contributed by atoms with Crippen LogP contribution in [0.25, 0.3) is 0 Å². The normalized spacial score (nSPS) is 46.3. The molecule has 0 aliphatic carbocycles. The van der Waals surface area contributed by atoms with Gasteiger partial charge in [-0.05, 0) is 0 Å². The lowest BCUT2D eigenvalue weighted by Crippen LogP contribution is -2.61. The Hall–Kier alpha value is -0.280. The van der Waals surface area contributed by atoms with E-state index < -0.39 is 43.4 Å². The molecular weight excluding hydrogens is 196 g/mol. The van der Waals surface area contributed by atoms with Crippen LogP contribution in [0.5, 0.6) is 0 Å². The molecule has 1 aliphatic rings. The van der Waals surface area contributed by atoms with E-state index in [1.54, 1.807) is 0 Å². The fourth-order valence-electron chi connectivity index (χ4n) is 1.31. The van der Waals surface area contributed by atoms with Crippen molar-refractivity contribution < 1.29 is 35.4 Å². The zero-order chi connectivity index (χ0) is 10.9. The highest BCUT2D eigenvalue weighted by molar-refractivity contribution is 4.91. The summed E-state index contributed by atoms with van der Waals surface area (Å²) in [5, 5.41) is 54.3. The Kier molecular flexibility index (Phi) is 3.78. The van der Waals surface area contributed by atoms with Crippen molar-refractivity contribution in [1.82, 2.24) is 0 Å². The Morgan fingerprint density at radius 2 is 1.57 bits per heavy atom. The van der Waals surface area contributed by atoms with Gasteiger partial charge >= 0.3 is 0 Å². The molecule has 1 heterocycles. The van der Waals surface area contributed by atoms with Gasteiger partial charge in [0, 0.05) is 0 Å². The molecule has 1 fully saturated rings. The molecule has 1 aliphatic heterocycles. The Morgan fingerprint density at radius 3 is 2.07 bits per heavy atom. The molecule has 0 amide bonds. The minimum Gasteiger partial charge on any atom is -0.394 e. The summed E-state index contributed by atoms with van der Waals surface area (Å²) in [5.41, 5.74) is 0. The minimum absolute atomic E-state index is 0.683. The first-order valence-electron chi connectivity index (χ1n) is 4.15. The average molecular weight is 210 g/mol. The van der Waals surface area contributed by atoms with Gasteiger partial charge in [-0.3, -0.25) is 0 Å². The highest BCUT2D eigenvalue weighted by Crippen LogP contribution is 2.21. The predicted octanol–water partition coefficient (Wildman–Crippen LogP) is -3.86. The van der Waals surface area contributed by atoms with Crippen LogP contribution in [0.1, 0.15) is 0 Å².